The lowest BCUT2D eigenvalue weighted by Crippen LogP contribution is -2.39. The van der Waals surface area contributed by atoms with Crippen LogP contribution in [0, 0.1) is 0 Å². The molecular formula is C14H19N3O2. The van der Waals surface area contributed by atoms with Gasteiger partial charge in [-0.15, -0.1) is 0 Å². The summed E-state index contributed by atoms with van der Waals surface area (Å²) in [6.07, 6.45) is 3.51. The topological polar surface area (TPSA) is 64.9 Å². The van der Waals surface area contributed by atoms with E-state index < -0.39 is 0 Å². The van der Waals surface area contributed by atoms with Gasteiger partial charge in [-0.2, -0.15) is 0 Å². The summed E-state index contributed by atoms with van der Waals surface area (Å²) in [5, 5.41) is 14.9. The molecule has 0 radical (unpaired) electrons. The third kappa shape index (κ3) is 4.06. The molecule has 1 aromatic carbocycles. The van der Waals surface area contributed by atoms with Crippen LogP contribution in [0.4, 0.5) is 5.69 Å². The number of hydrogen-bond donors (Lipinski definition) is 2. The first-order chi connectivity index (χ1) is 9.29. The SMILES string of the molecule is O=C(Nc1ccccc1)/C(CN1CCCCC1)=N/O. The van der Waals surface area contributed by atoms with Crippen molar-refractivity contribution in [1.82, 2.24) is 4.90 Å². The Morgan fingerprint density at radius 3 is 2.53 bits per heavy atom. The minimum Gasteiger partial charge on any atom is -0.410 e. The molecule has 1 saturated heterocycles. The van der Waals surface area contributed by atoms with Gasteiger partial charge in [-0.25, -0.2) is 0 Å². The van der Waals surface area contributed by atoms with Crippen molar-refractivity contribution in [2.45, 2.75) is 19.3 Å². The molecule has 1 amide bonds. The molecule has 0 aliphatic carbocycles. The molecule has 1 aromatic rings. The highest BCUT2D eigenvalue weighted by Gasteiger charge is 2.18. The smallest absolute Gasteiger partial charge is 0.274 e. The molecule has 1 heterocycles. The number of benzene rings is 1. The van der Waals surface area contributed by atoms with Crippen molar-refractivity contribution in [1.29, 1.82) is 0 Å². The Hall–Kier alpha value is -1.88. The van der Waals surface area contributed by atoms with Crippen LogP contribution in [-0.4, -0.2) is 41.4 Å². The summed E-state index contributed by atoms with van der Waals surface area (Å²) >= 11 is 0. The molecule has 102 valence electrons. The minimum atomic E-state index is -0.348. The first-order valence-corrected chi connectivity index (χ1v) is 6.59. The third-order valence-electron chi connectivity index (χ3n) is 3.24. The fourth-order valence-electron chi connectivity index (χ4n) is 2.20. The van der Waals surface area contributed by atoms with E-state index in [0.29, 0.717) is 12.2 Å². The van der Waals surface area contributed by atoms with Crippen molar-refractivity contribution in [3.63, 3.8) is 0 Å². The number of nitrogens with one attached hydrogen (secondary N) is 1. The number of oxime groups is 1. The van der Waals surface area contributed by atoms with Gasteiger partial charge >= 0.3 is 0 Å². The van der Waals surface area contributed by atoms with Crippen molar-refractivity contribution in [3.05, 3.63) is 30.3 Å². The van der Waals surface area contributed by atoms with Gasteiger partial charge in [0, 0.05) is 12.2 Å². The van der Waals surface area contributed by atoms with Crippen molar-refractivity contribution in [2.24, 2.45) is 5.16 Å². The van der Waals surface area contributed by atoms with Crippen LogP contribution in [0.3, 0.4) is 0 Å². The standard InChI is InChI=1S/C14H19N3O2/c18-14(15-12-7-3-1-4-8-12)13(16-19)11-17-9-5-2-6-10-17/h1,3-4,7-8,19H,2,5-6,9-11H2,(H,15,18)/b16-13+. The molecule has 1 aliphatic rings. The highest BCUT2D eigenvalue weighted by Crippen LogP contribution is 2.09. The van der Waals surface area contributed by atoms with Gasteiger partial charge in [0.2, 0.25) is 0 Å². The van der Waals surface area contributed by atoms with E-state index in [1.807, 2.05) is 18.2 Å². The largest absolute Gasteiger partial charge is 0.410 e. The summed E-state index contributed by atoms with van der Waals surface area (Å²) in [7, 11) is 0. The lowest BCUT2D eigenvalue weighted by Gasteiger charge is -2.26. The number of rotatable bonds is 4. The molecule has 1 aliphatic heterocycles. The first-order valence-electron chi connectivity index (χ1n) is 6.59. The van der Waals surface area contributed by atoms with E-state index in [-0.39, 0.29) is 11.6 Å². The molecule has 2 rings (SSSR count). The molecule has 0 saturated carbocycles. The van der Waals surface area contributed by atoms with Crippen molar-refractivity contribution < 1.29 is 10.0 Å². The van der Waals surface area contributed by atoms with E-state index in [1.54, 1.807) is 12.1 Å². The number of nitrogens with zero attached hydrogens (tertiary/aromatic N) is 2. The molecular weight excluding hydrogens is 242 g/mol. The van der Waals surface area contributed by atoms with Gasteiger partial charge in [0.1, 0.15) is 0 Å². The number of amides is 1. The molecule has 0 atom stereocenters. The molecule has 5 heteroatoms. The monoisotopic (exact) mass is 261 g/mol. The average molecular weight is 261 g/mol. The third-order valence-corrected chi connectivity index (χ3v) is 3.24. The second-order valence-electron chi connectivity index (χ2n) is 4.70. The number of hydrogen-bond acceptors (Lipinski definition) is 4. The fraction of sp³-hybridized carbons (Fsp3) is 0.429. The Morgan fingerprint density at radius 2 is 1.89 bits per heavy atom. The van der Waals surface area contributed by atoms with Gasteiger partial charge in [0.05, 0.1) is 0 Å². The molecule has 5 nitrogen and oxygen atoms in total. The van der Waals surface area contributed by atoms with E-state index in [9.17, 15) is 4.79 Å². The van der Waals surface area contributed by atoms with Crippen LogP contribution < -0.4 is 5.32 Å². The molecule has 0 spiro atoms. The Bertz CT molecular complexity index is 439. The van der Waals surface area contributed by atoms with Crippen molar-refractivity contribution in [3.8, 4) is 0 Å². The van der Waals surface area contributed by atoms with Crippen LogP contribution in [0.5, 0.6) is 0 Å². The van der Waals surface area contributed by atoms with E-state index in [1.165, 1.54) is 6.42 Å². The second kappa shape index (κ2) is 6.89. The van der Waals surface area contributed by atoms with E-state index in [0.717, 1.165) is 25.9 Å². The Kier molecular flexibility index (Phi) is 4.92. The number of anilines is 1. The molecule has 0 unspecified atom stereocenters. The summed E-state index contributed by atoms with van der Waals surface area (Å²) in [5.41, 5.74) is 0.859. The molecule has 2 N–H and O–H groups in total. The van der Waals surface area contributed by atoms with Crippen LogP contribution in [-0.2, 0) is 4.79 Å². The molecule has 0 aromatic heterocycles. The highest BCUT2D eigenvalue weighted by molar-refractivity contribution is 6.43. The van der Waals surface area contributed by atoms with Gasteiger partial charge in [0.25, 0.3) is 5.91 Å². The van der Waals surface area contributed by atoms with Gasteiger partial charge in [-0.05, 0) is 38.1 Å². The fourth-order valence-corrected chi connectivity index (χ4v) is 2.20. The number of carbonyl (C=O) groups is 1. The van der Waals surface area contributed by atoms with Gasteiger partial charge < -0.3 is 10.5 Å². The van der Waals surface area contributed by atoms with E-state index >= 15 is 0 Å². The summed E-state index contributed by atoms with van der Waals surface area (Å²) < 4.78 is 0. The zero-order valence-electron chi connectivity index (χ0n) is 10.9. The Labute approximate surface area is 112 Å². The van der Waals surface area contributed by atoms with E-state index in [4.69, 9.17) is 5.21 Å². The van der Waals surface area contributed by atoms with Gasteiger partial charge in [0.15, 0.2) is 5.71 Å². The van der Waals surface area contributed by atoms with Crippen LogP contribution in [0.15, 0.2) is 35.5 Å². The maximum atomic E-state index is 12.0. The summed E-state index contributed by atoms with van der Waals surface area (Å²) in [6, 6.07) is 9.16. The number of piperidine rings is 1. The van der Waals surface area contributed by atoms with Crippen molar-refractivity contribution >= 4 is 17.3 Å². The lowest BCUT2D eigenvalue weighted by atomic mass is 10.1. The van der Waals surface area contributed by atoms with Crippen LogP contribution >= 0.6 is 0 Å². The lowest BCUT2D eigenvalue weighted by molar-refractivity contribution is -0.110. The maximum absolute atomic E-state index is 12.0. The Morgan fingerprint density at radius 1 is 1.21 bits per heavy atom. The molecule has 1 fully saturated rings. The number of likely N-dealkylation sites (tertiary alicyclic amines) is 1. The van der Waals surface area contributed by atoms with Gasteiger partial charge in [-0.1, -0.05) is 29.8 Å². The zero-order valence-corrected chi connectivity index (χ0v) is 10.9. The van der Waals surface area contributed by atoms with E-state index in [2.05, 4.69) is 15.4 Å². The summed E-state index contributed by atoms with van der Waals surface area (Å²) in [5.74, 6) is -0.348. The van der Waals surface area contributed by atoms with Crippen molar-refractivity contribution in [2.75, 3.05) is 25.0 Å². The first kappa shape index (κ1) is 13.5. The summed E-state index contributed by atoms with van der Waals surface area (Å²) in [4.78, 5) is 14.1. The average Bonchev–Trinajstić information content (AvgIpc) is 2.47. The predicted molar refractivity (Wildman–Crippen MR) is 74.6 cm³/mol. The second-order valence-corrected chi connectivity index (χ2v) is 4.70. The predicted octanol–water partition coefficient (Wildman–Crippen LogP) is 1.94. The van der Waals surface area contributed by atoms with Crippen LogP contribution in [0.25, 0.3) is 0 Å². The quantitative estimate of drug-likeness (QED) is 0.494. The van der Waals surface area contributed by atoms with Gasteiger partial charge in [-0.3, -0.25) is 9.69 Å². The maximum Gasteiger partial charge on any atom is 0.274 e. The number of para-hydroxylation sites is 1. The Balaban J connectivity index is 1.92. The number of carbonyl (C=O) groups excluding carboxylic acids is 1. The normalized spacial score (nSPS) is 17.2. The zero-order chi connectivity index (χ0) is 13.5. The van der Waals surface area contributed by atoms with Crippen LogP contribution in [0.2, 0.25) is 0 Å². The molecule has 0 bridgehead atoms. The summed E-state index contributed by atoms with van der Waals surface area (Å²) in [6.45, 7) is 2.31. The van der Waals surface area contributed by atoms with Crippen LogP contribution in [0.1, 0.15) is 19.3 Å². The highest BCUT2D eigenvalue weighted by atomic mass is 16.4. The molecule has 19 heavy (non-hydrogen) atoms. The minimum absolute atomic E-state index is 0.158.